The summed E-state index contributed by atoms with van der Waals surface area (Å²) in [6.45, 7) is 8.03. The highest BCUT2D eigenvalue weighted by Crippen LogP contribution is 2.36. The molecule has 0 saturated heterocycles. The van der Waals surface area contributed by atoms with Crippen LogP contribution in [0.1, 0.15) is 26.3 Å². The van der Waals surface area contributed by atoms with Gasteiger partial charge in [0.2, 0.25) is 0 Å². The molecule has 0 amide bonds. The molecule has 1 rings (SSSR count). The van der Waals surface area contributed by atoms with Crippen molar-refractivity contribution in [3.05, 3.63) is 22.2 Å². The number of aliphatic hydroxyl groups is 1. The molecule has 4 nitrogen and oxygen atoms in total. The number of hydrogen-bond donors (Lipinski definition) is 2. The van der Waals surface area contributed by atoms with Crippen molar-refractivity contribution in [2.75, 3.05) is 20.3 Å². The van der Waals surface area contributed by atoms with Crippen LogP contribution in [-0.2, 0) is 6.54 Å². The van der Waals surface area contributed by atoms with Crippen LogP contribution in [0.2, 0.25) is 0 Å². The Bertz CT molecular complexity index is 422. The number of methoxy groups -OCH3 is 1. The van der Waals surface area contributed by atoms with Crippen molar-refractivity contribution in [2.45, 2.75) is 33.4 Å². The Hall–Kier alpha value is -0.780. The van der Waals surface area contributed by atoms with Gasteiger partial charge in [0.15, 0.2) is 11.5 Å². The summed E-state index contributed by atoms with van der Waals surface area (Å²) < 4.78 is 11.8. The van der Waals surface area contributed by atoms with Crippen LogP contribution >= 0.6 is 15.9 Å². The molecule has 0 heterocycles. The minimum atomic E-state index is -0.515. The Kier molecular flexibility index (Phi) is 7.34. The van der Waals surface area contributed by atoms with Gasteiger partial charge in [-0.2, -0.15) is 0 Å². The van der Waals surface area contributed by atoms with Crippen LogP contribution in [0.4, 0.5) is 0 Å². The Labute approximate surface area is 129 Å². The van der Waals surface area contributed by atoms with Crippen LogP contribution in [0, 0.1) is 5.92 Å². The summed E-state index contributed by atoms with van der Waals surface area (Å²) in [6, 6.07) is 3.96. The van der Waals surface area contributed by atoms with Gasteiger partial charge in [0.05, 0.1) is 17.7 Å². The van der Waals surface area contributed by atoms with Gasteiger partial charge in [-0.1, -0.05) is 13.8 Å². The highest BCUT2D eigenvalue weighted by molar-refractivity contribution is 9.10. The van der Waals surface area contributed by atoms with E-state index in [4.69, 9.17) is 9.47 Å². The average molecular weight is 346 g/mol. The molecule has 1 aromatic carbocycles. The molecule has 0 aliphatic rings. The first-order chi connectivity index (χ1) is 9.43. The van der Waals surface area contributed by atoms with Gasteiger partial charge in [-0.3, -0.25) is 0 Å². The van der Waals surface area contributed by atoms with Gasteiger partial charge < -0.3 is 19.9 Å². The molecule has 2 N–H and O–H groups in total. The molecular formula is C15H24BrNO3. The fourth-order valence-corrected chi connectivity index (χ4v) is 2.33. The van der Waals surface area contributed by atoms with Crippen molar-refractivity contribution < 1.29 is 14.6 Å². The maximum atomic E-state index is 9.30. The van der Waals surface area contributed by atoms with E-state index in [1.165, 1.54) is 0 Å². The fraction of sp³-hybridized carbons (Fsp3) is 0.600. The zero-order valence-electron chi connectivity index (χ0n) is 12.6. The lowest BCUT2D eigenvalue weighted by atomic mass is 10.2. The molecule has 1 atom stereocenters. The number of nitrogens with one attached hydrogen (secondary N) is 1. The Morgan fingerprint density at radius 3 is 2.55 bits per heavy atom. The Balaban J connectivity index is 2.78. The van der Waals surface area contributed by atoms with E-state index < -0.39 is 6.10 Å². The van der Waals surface area contributed by atoms with Crippen molar-refractivity contribution in [1.82, 2.24) is 5.32 Å². The van der Waals surface area contributed by atoms with Crippen LogP contribution in [0.25, 0.3) is 0 Å². The smallest absolute Gasteiger partial charge is 0.175 e. The minimum absolute atomic E-state index is 0.236. The van der Waals surface area contributed by atoms with Crippen LogP contribution in [-0.4, -0.2) is 31.5 Å². The number of rotatable bonds is 8. The monoisotopic (exact) mass is 345 g/mol. The molecule has 1 unspecified atom stereocenters. The van der Waals surface area contributed by atoms with E-state index in [2.05, 4.69) is 35.1 Å². The molecule has 0 aromatic heterocycles. The fourth-order valence-electron chi connectivity index (χ4n) is 1.72. The third kappa shape index (κ3) is 5.69. The molecule has 0 aliphatic heterocycles. The number of benzene rings is 1. The normalized spacial score (nSPS) is 12.6. The van der Waals surface area contributed by atoms with Crippen LogP contribution < -0.4 is 14.8 Å². The van der Waals surface area contributed by atoms with Gasteiger partial charge in [0.1, 0.15) is 6.61 Å². The number of ether oxygens (including phenoxy) is 2. The van der Waals surface area contributed by atoms with Crippen molar-refractivity contribution >= 4 is 15.9 Å². The van der Waals surface area contributed by atoms with Gasteiger partial charge in [-0.15, -0.1) is 0 Å². The highest BCUT2D eigenvalue weighted by Gasteiger charge is 2.12. The predicted molar refractivity (Wildman–Crippen MR) is 84.4 cm³/mol. The van der Waals surface area contributed by atoms with E-state index in [0.717, 1.165) is 23.1 Å². The molecule has 0 aliphatic carbocycles. The lowest BCUT2D eigenvalue weighted by Crippen LogP contribution is -2.19. The third-order valence-electron chi connectivity index (χ3n) is 2.64. The summed E-state index contributed by atoms with van der Waals surface area (Å²) in [4.78, 5) is 0. The Morgan fingerprint density at radius 2 is 2.00 bits per heavy atom. The third-order valence-corrected chi connectivity index (χ3v) is 3.23. The van der Waals surface area contributed by atoms with Crippen LogP contribution in [0.3, 0.4) is 0 Å². The van der Waals surface area contributed by atoms with E-state index in [0.29, 0.717) is 17.4 Å². The van der Waals surface area contributed by atoms with Crippen molar-refractivity contribution in [2.24, 2.45) is 5.92 Å². The van der Waals surface area contributed by atoms with E-state index >= 15 is 0 Å². The van der Waals surface area contributed by atoms with E-state index in [9.17, 15) is 5.11 Å². The van der Waals surface area contributed by atoms with Gasteiger partial charge in [0, 0.05) is 6.54 Å². The molecule has 20 heavy (non-hydrogen) atoms. The average Bonchev–Trinajstić information content (AvgIpc) is 2.36. The summed E-state index contributed by atoms with van der Waals surface area (Å²) in [5, 5.41) is 12.7. The molecule has 0 saturated carbocycles. The summed E-state index contributed by atoms with van der Waals surface area (Å²) in [7, 11) is 1.61. The van der Waals surface area contributed by atoms with Gasteiger partial charge in [-0.05, 0) is 53.0 Å². The van der Waals surface area contributed by atoms with E-state index in [-0.39, 0.29) is 6.61 Å². The summed E-state index contributed by atoms with van der Waals surface area (Å²) in [6.07, 6.45) is -0.515. The zero-order valence-corrected chi connectivity index (χ0v) is 14.2. The molecule has 0 bridgehead atoms. The molecular weight excluding hydrogens is 322 g/mol. The molecule has 1 aromatic rings. The van der Waals surface area contributed by atoms with Gasteiger partial charge >= 0.3 is 0 Å². The molecule has 5 heteroatoms. The summed E-state index contributed by atoms with van der Waals surface area (Å²) in [5.74, 6) is 1.91. The quantitative estimate of drug-likeness (QED) is 0.760. The van der Waals surface area contributed by atoms with Crippen LogP contribution in [0.5, 0.6) is 11.5 Å². The second-order valence-corrected chi connectivity index (χ2v) is 6.15. The Morgan fingerprint density at radius 1 is 1.30 bits per heavy atom. The maximum absolute atomic E-state index is 9.30. The predicted octanol–water partition coefficient (Wildman–Crippen LogP) is 2.96. The maximum Gasteiger partial charge on any atom is 0.175 e. The summed E-state index contributed by atoms with van der Waals surface area (Å²) >= 11 is 3.50. The van der Waals surface area contributed by atoms with E-state index in [1.54, 1.807) is 14.0 Å². The zero-order chi connectivity index (χ0) is 15.1. The lowest BCUT2D eigenvalue weighted by Gasteiger charge is -2.16. The highest BCUT2D eigenvalue weighted by atomic mass is 79.9. The molecule has 114 valence electrons. The van der Waals surface area contributed by atoms with Crippen molar-refractivity contribution in [1.29, 1.82) is 0 Å². The molecule has 0 fully saturated rings. The van der Waals surface area contributed by atoms with E-state index in [1.807, 2.05) is 12.1 Å². The SMILES string of the molecule is COc1cc(CNCC(C)C)cc(Br)c1OCC(C)O. The van der Waals surface area contributed by atoms with Crippen LogP contribution in [0.15, 0.2) is 16.6 Å². The molecule has 0 spiro atoms. The minimum Gasteiger partial charge on any atom is -0.493 e. The second-order valence-electron chi connectivity index (χ2n) is 5.29. The first-order valence-corrected chi connectivity index (χ1v) is 7.61. The first-order valence-electron chi connectivity index (χ1n) is 6.82. The summed E-state index contributed by atoms with van der Waals surface area (Å²) in [5.41, 5.74) is 1.12. The molecule has 0 radical (unpaired) electrons. The van der Waals surface area contributed by atoms with Crippen molar-refractivity contribution in [3.8, 4) is 11.5 Å². The number of halogens is 1. The van der Waals surface area contributed by atoms with Gasteiger partial charge in [-0.25, -0.2) is 0 Å². The largest absolute Gasteiger partial charge is 0.493 e. The first kappa shape index (κ1) is 17.3. The standard InChI is InChI=1S/C15H24BrNO3/c1-10(2)7-17-8-12-5-13(16)15(14(6-12)19-4)20-9-11(3)18/h5-6,10-11,17-18H,7-9H2,1-4H3. The lowest BCUT2D eigenvalue weighted by molar-refractivity contribution is 0.120. The van der Waals surface area contributed by atoms with Crippen molar-refractivity contribution in [3.63, 3.8) is 0 Å². The number of hydrogen-bond acceptors (Lipinski definition) is 4. The topological polar surface area (TPSA) is 50.7 Å². The second kappa shape index (κ2) is 8.49. The van der Waals surface area contributed by atoms with Gasteiger partial charge in [0.25, 0.3) is 0 Å². The number of aliphatic hydroxyl groups excluding tert-OH is 1.